The molecule has 1 saturated carbocycles. The topological polar surface area (TPSA) is 101 Å². The van der Waals surface area contributed by atoms with Gasteiger partial charge in [-0.25, -0.2) is 13.1 Å². The number of sulfonamides is 1. The van der Waals surface area contributed by atoms with Crippen LogP contribution in [0, 0.1) is 16.0 Å². The SMILES string of the molecule is CNc1sc(S(=O)(=O)NCCC2CC2)cc1[N+](=O)[O-]. The molecule has 1 aliphatic rings. The summed E-state index contributed by atoms with van der Waals surface area (Å²) < 4.78 is 26.4. The summed E-state index contributed by atoms with van der Waals surface area (Å²) in [5.41, 5.74) is -0.213. The molecule has 0 bridgehead atoms. The highest BCUT2D eigenvalue weighted by molar-refractivity contribution is 7.91. The van der Waals surface area contributed by atoms with E-state index in [4.69, 9.17) is 0 Å². The largest absolute Gasteiger partial charge is 0.374 e. The second kappa shape index (κ2) is 5.43. The van der Waals surface area contributed by atoms with Crippen molar-refractivity contribution in [2.45, 2.75) is 23.5 Å². The molecular weight excluding hydrogens is 290 g/mol. The number of nitrogens with one attached hydrogen (secondary N) is 2. The molecule has 0 aromatic carbocycles. The number of hydrogen-bond donors (Lipinski definition) is 2. The Hall–Kier alpha value is -1.19. The second-order valence-corrected chi connectivity index (χ2v) is 7.46. The highest BCUT2D eigenvalue weighted by atomic mass is 32.2. The molecule has 0 amide bonds. The van der Waals surface area contributed by atoms with E-state index >= 15 is 0 Å². The third-order valence-electron chi connectivity index (χ3n) is 2.92. The van der Waals surface area contributed by atoms with Crippen LogP contribution in [-0.2, 0) is 10.0 Å². The van der Waals surface area contributed by atoms with E-state index in [0.717, 1.165) is 36.7 Å². The fourth-order valence-corrected chi connectivity index (χ4v) is 4.05. The summed E-state index contributed by atoms with van der Waals surface area (Å²) in [5.74, 6) is 0.633. The van der Waals surface area contributed by atoms with Crippen LogP contribution < -0.4 is 10.0 Å². The number of nitro groups is 1. The van der Waals surface area contributed by atoms with Crippen LogP contribution in [0.4, 0.5) is 10.7 Å². The van der Waals surface area contributed by atoms with E-state index in [1.807, 2.05) is 0 Å². The van der Waals surface area contributed by atoms with Gasteiger partial charge in [0.05, 0.1) is 4.92 Å². The molecule has 1 aliphatic carbocycles. The third kappa shape index (κ3) is 3.43. The van der Waals surface area contributed by atoms with Crippen molar-refractivity contribution >= 4 is 32.0 Å². The predicted molar refractivity (Wildman–Crippen MR) is 73.0 cm³/mol. The highest BCUT2D eigenvalue weighted by Crippen LogP contribution is 2.36. The fraction of sp³-hybridized carbons (Fsp3) is 0.600. The van der Waals surface area contributed by atoms with Gasteiger partial charge in [0.15, 0.2) is 5.00 Å². The van der Waals surface area contributed by atoms with Crippen molar-refractivity contribution in [3.05, 3.63) is 16.2 Å². The van der Waals surface area contributed by atoms with Gasteiger partial charge in [0.25, 0.3) is 0 Å². The first-order valence-corrected chi connectivity index (χ1v) is 8.19. The van der Waals surface area contributed by atoms with E-state index in [1.165, 1.54) is 7.05 Å². The Morgan fingerprint density at radius 1 is 1.53 bits per heavy atom. The molecule has 2 N–H and O–H groups in total. The Labute approximate surface area is 115 Å². The van der Waals surface area contributed by atoms with Crippen LogP contribution in [0.5, 0.6) is 0 Å². The van der Waals surface area contributed by atoms with Crippen LogP contribution >= 0.6 is 11.3 Å². The van der Waals surface area contributed by atoms with Gasteiger partial charge in [0.2, 0.25) is 10.0 Å². The van der Waals surface area contributed by atoms with Crippen molar-refractivity contribution in [1.29, 1.82) is 0 Å². The minimum atomic E-state index is -3.65. The molecule has 1 aromatic heterocycles. The maximum Gasteiger partial charge on any atom is 0.304 e. The molecule has 1 aromatic rings. The molecule has 0 radical (unpaired) electrons. The molecule has 2 rings (SSSR count). The van der Waals surface area contributed by atoms with Crippen LogP contribution in [0.15, 0.2) is 10.3 Å². The van der Waals surface area contributed by atoms with E-state index in [1.54, 1.807) is 0 Å². The molecule has 19 heavy (non-hydrogen) atoms. The zero-order chi connectivity index (χ0) is 14.0. The summed E-state index contributed by atoms with van der Waals surface area (Å²) in [6, 6.07) is 1.09. The molecule has 1 fully saturated rings. The maximum atomic E-state index is 12.0. The summed E-state index contributed by atoms with van der Waals surface area (Å²) in [4.78, 5) is 10.2. The summed E-state index contributed by atoms with van der Waals surface area (Å²) in [6.45, 7) is 0.383. The third-order valence-corrected chi connectivity index (χ3v) is 6.00. The molecule has 9 heteroatoms. The summed E-state index contributed by atoms with van der Waals surface area (Å²) in [6.07, 6.45) is 3.15. The van der Waals surface area contributed by atoms with Crippen LogP contribution in [-0.4, -0.2) is 26.9 Å². The van der Waals surface area contributed by atoms with E-state index < -0.39 is 14.9 Å². The van der Waals surface area contributed by atoms with Gasteiger partial charge in [-0.15, -0.1) is 0 Å². The van der Waals surface area contributed by atoms with Crippen LogP contribution in [0.2, 0.25) is 0 Å². The molecule has 0 atom stereocenters. The first-order valence-electron chi connectivity index (χ1n) is 5.89. The quantitative estimate of drug-likeness (QED) is 0.590. The van der Waals surface area contributed by atoms with Crippen molar-refractivity contribution in [2.75, 3.05) is 18.9 Å². The summed E-state index contributed by atoms with van der Waals surface area (Å²) in [5, 5.41) is 13.7. The van der Waals surface area contributed by atoms with Gasteiger partial charge >= 0.3 is 5.69 Å². The number of thiophene rings is 1. The van der Waals surface area contributed by atoms with Gasteiger partial charge in [-0.05, 0) is 12.3 Å². The maximum absolute atomic E-state index is 12.0. The lowest BCUT2D eigenvalue weighted by molar-refractivity contribution is -0.383. The number of nitrogens with zero attached hydrogens (tertiary/aromatic N) is 1. The van der Waals surface area contributed by atoms with Gasteiger partial charge in [-0.3, -0.25) is 10.1 Å². The molecule has 0 spiro atoms. The zero-order valence-corrected chi connectivity index (χ0v) is 12.0. The molecule has 0 aliphatic heterocycles. The van der Waals surface area contributed by atoms with Crippen molar-refractivity contribution < 1.29 is 13.3 Å². The summed E-state index contributed by atoms with van der Waals surface area (Å²) in [7, 11) is -2.13. The van der Waals surface area contributed by atoms with E-state index in [2.05, 4.69) is 10.0 Å². The van der Waals surface area contributed by atoms with Gasteiger partial charge in [-0.1, -0.05) is 24.2 Å². The molecule has 0 unspecified atom stereocenters. The smallest absolute Gasteiger partial charge is 0.304 e. The minimum absolute atomic E-state index is 0.0284. The fourth-order valence-electron chi connectivity index (χ4n) is 1.68. The molecule has 7 nitrogen and oxygen atoms in total. The number of rotatable bonds is 7. The van der Waals surface area contributed by atoms with Crippen molar-refractivity contribution in [3.63, 3.8) is 0 Å². The van der Waals surface area contributed by atoms with Gasteiger partial charge in [0.1, 0.15) is 4.21 Å². The molecular formula is C10H15N3O4S2. The first kappa shape index (κ1) is 14.2. The zero-order valence-electron chi connectivity index (χ0n) is 10.4. The Morgan fingerprint density at radius 3 is 2.68 bits per heavy atom. The monoisotopic (exact) mass is 305 g/mol. The number of anilines is 1. The Kier molecular flexibility index (Phi) is 4.07. The Bertz CT molecular complexity index is 578. The van der Waals surface area contributed by atoms with Gasteiger partial charge in [-0.2, -0.15) is 0 Å². The average Bonchev–Trinajstić information content (AvgIpc) is 3.04. The minimum Gasteiger partial charge on any atom is -0.374 e. The van der Waals surface area contributed by atoms with E-state index in [-0.39, 0.29) is 14.9 Å². The van der Waals surface area contributed by atoms with Crippen LogP contribution in [0.3, 0.4) is 0 Å². The van der Waals surface area contributed by atoms with E-state index in [0.29, 0.717) is 12.5 Å². The van der Waals surface area contributed by atoms with Gasteiger partial charge < -0.3 is 5.32 Å². The van der Waals surface area contributed by atoms with Crippen LogP contribution in [0.25, 0.3) is 0 Å². The standard InChI is InChI=1S/C10H15N3O4S2/c1-11-10-8(13(14)15)6-9(18-10)19(16,17)12-5-4-7-2-3-7/h6-7,11-12H,2-5H2,1H3. The van der Waals surface area contributed by atoms with Crippen LogP contribution in [0.1, 0.15) is 19.3 Å². The Morgan fingerprint density at radius 2 is 2.21 bits per heavy atom. The van der Waals surface area contributed by atoms with Crippen molar-refractivity contribution in [2.24, 2.45) is 5.92 Å². The normalized spacial score (nSPS) is 15.4. The van der Waals surface area contributed by atoms with Gasteiger partial charge in [0, 0.05) is 19.7 Å². The summed E-state index contributed by atoms with van der Waals surface area (Å²) >= 11 is 0.866. The lowest BCUT2D eigenvalue weighted by atomic mass is 10.3. The lowest BCUT2D eigenvalue weighted by Crippen LogP contribution is -2.24. The second-order valence-electron chi connectivity index (χ2n) is 4.42. The Balaban J connectivity index is 2.12. The highest BCUT2D eigenvalue weighted by Gasteiger charge is 2.26. The first-order chi connectivity index (χ1) is 8.94. The molecule has 1 heterocycles. The van der Waals surface area contributed by atoms with Crippen molar-refractivity contribution in [3.8, 4) is 0 Å². The molecule has 0 saturated heterocycles. The lowest BCUT2D eigenvalue weighted by Gasteiger charge is -2.02. The molecule has 106 valence electrons. The number of hydrogen-bond acceptors (Lipinski definition) is 6. The van der Waals surface area contributed by atoms with Crippen molar-refractivity contribution in [1.82, 2.24) is 4.72 Å². The average molecular weight is 305 g/mol. The predicted octanol–water partition coefficient (Wildman–Crippen LogP) is 1.78. The van der Waals surface area contributed by atoms with E-state index in [9.17, 15) is 18.5 Å².